The van der Waals surface area contributed by atoms with E-state index in [1.165, 1.54) is 0 Å². The second-order valence-corrected chi connectivity index (χ2v) is 3.02. The molecule has 0 bridgehead atoms. The normalized spacial score (nSPS) is 10.7. The van der Waals surface area contributed by atoms with Gasteiger partial charge in [0.05, 0.1) is 0 Å². The van der Waals surface area contributed by atoms with Crippen LogP contribution in [0.25, 0.3) is 0 Å². The Hall–Kier alpha value is -1.12. The molecule has 13 heavy (non-hydrogen) atoms. The van der Waals surface area contributed by atoms with Crippen LogP contribution in [-0.4, -0.2) is 6.43 Å². The van der Waals surface area contributed by atoms with Crippen molar-refractivity contribution in [2.24, 2.45) is 0 Å². The number of nitrogens with two attached hydrogens (primary N) is 1. The summed E-state index contributed by atoms with van der Waals surface area (Å²) in [5, 5.41) is 0. The summed E-state index contributed by atoms with van der Waals surface area (Å²) in [6.45, 7) is 0. The van der Waals surface area contributed by atoms with Gasteiger partial charge in [-0.2, -0.15) is 0 Å². The van der Waals surface area contributed by atoms with E-state index >= 15 is 0 Å². The van der Waals surface area contributed by atoms with Gasteiger partial charge < -0.3 is 5.73 Å². The molecule has 1 aromatic carbocycles. The van der Waals surface area contributed by atoms with E-state index in [9.17, 15) is 8.78 Å². The van der Waals surface area contributed by atoms with Crippen LogP contribution in [0.15, 0.2) is 24.3 Å². The number of hydrogen-bond acceptors (Lipinski definition) is 1. The van der Waals surface area contributed by atoms with Gasteiger partial charge >= 0.3 is 0 Å². The SMILES string of the molecule is Nc1ccc(CCCC(F)F)cc1. The Kier molecular flexibility index (Phi) is 3.68. The quantitative estimate of drug-likeness (QED) is 0.717. The minimum absolute atomic E-state index is 0.0234. The van der Waals surface area contributed by atoms with Crippen LogP contribution in [0.4, 0.5) is 14.5 Å². The number of anilines is 1. The van der Waals surface area contributed by atoms with Gasteiger partial charge in [-0.05, 0) is 30.5 Å². The first kappa shape index (κ1) is 9.96. The molecule has 0 aromatic heterocycles. The van der Waals surface area contributed by atoms with Crippen molar-refractivity contribution in [3.63, 3.8) is 0 Å². The molecule has 3 heteroatoms. The summed E-state index contributed by atoms with van der Waals surface area (Å²) in [6, 6.07) is 7.33. The van der Waals surface area contributed by atoms with Crippen LogP contribution in [-0.2, 0) is 6.42 Å². The van der Waals surface area contributed by atoms with E-state index in [0.29, 0.717) is 18.5 Å². The lowest BCUT2D eigenvalue weighted by Gasteiger charge is -2.01. The molecule has 0 radical (unpaired) electrons. The zero-order valence-corrected chi connectivity index (χ0v) is 7.34. The molecule has 0 unspecified atom stereocenters. The van der Waals surface area contributed by atoms with Crippen LogP contribution in [0.2, 0.25) is 0 Å². The standard InChI is InChI=1S/C10H13F2N/c11-10(12)3-1-2-8-4-6-9(13)7-5-8/h4-7,10H,1-3,13H2. The van der Waals surface area contributed by atoms with Gasteiger partial charge in [0.15, 0.2) is 0 Å². The molecule has 1 nitrogen and oxygen atoms in total. The summed E-state index contributed by atoms with van der Waals surface area (Å²) in [7, 11) is 0. The van der Waals surface area contributed by atoms with Gasteiger partial charge in [0.25, 0.3) is 0 Å². The summed E-state index contributed by atoms with van der Waals surface area (Å²) in [6.07, 6.45) is -0.981. The number of nitrogen functional groups attached to an aromatic ring is 1. The molecule has 0 fully saturated rings. The van der Waals surface area contributed by atoms with Crippen molar-refractivity contribution in [1.82, 2.24) is 0 Å². The summed E-state index contributed by atoms with van der Waals surface area (Å²) in [5.41, 5.74) is 7.25. The number of rotatable bonds is 4. The lowest BCUT2D eigenvalue weighted by atomic mass is 10.1. The fourth-order valence-corrected chi connectivity index (χ4v) is 1.14. The molecule has 1 aromatic rings. The molecule has 0 saturated heterocycles. The topological polar surface area (TPSA) is 26.0 Å². The molecular weight excluding hydrogens is 172 g/mol. The second kappa shape index (κ2) is 4.80. The van der Waals surface area contributed by atoms with Crippen LogP contribution in [0, 0.1) is 0 Å². The first-order valence-electron chi connectivity index (χ1n) is 4.31. The average Bonchev–Trinajstić information content (AvgIpc) is 2.08. The van der Waals surface area contributed by atoms with Crippen LogP contribution >= 0.6 is 0 Å². The Morgan fingerprint density at radius 3 is 2.31 bits per heavy atom. The Morgan fingerprint density at radius 2 is 1.77 bits per heavy atom. The van der Waals surface area contributed by atoms with Crippen molar-refractivity contribution in [1.29, 1.82) is 0 Å². The van der Waals surface area contributed by atoms with Crippen molar-refractivity contribution in [3.8, 4) is 0 Å². The molecule has 0 aliphatic carbocycles. The minimum atomic E-state index is -2.19. The van der Waals surface area contributed by atoms with E-state index in [1.807, 2.05) is 12.1 Å². The Bertz CT molecular complexity index is 244. The molecule has 0 aliphatic rings. The summed E-state index contributed by atoms with van der Waals surface area (Å²) < 4.78 is 23.6. The molecule has 0 aliphatic heterocycles. The van der Waals surface area contributed by atoms with Crippen molar-refractivity contribution < 1.29 is 8.78 Å². The predicted molar refractivity (Wildman–Crippen MR) is 49.8 cm³/mol. The first-order chi connectivity index (χ1) is 6.18. The van der Waals surface area contributed by atoms with E-state index in [4.69, 9.17) is 5.73 Å². The maximum Gasteiger partial charge on any atom is 0.238 e. The van der Waals surface area contributed by atoms with E-state index < -0.39 is 6.43 Å². The first-order valence-corrected chi connectivity index (χ1v) is 4.31. The Balaban J connectivity index is 2.33. The number of benzene rings is 1. The maximum absolute atomic E-state index is 11.8. The smallest absolute Gasteiger partial charge is 0.238 e. The van der Waals surface area contributed by atoms with Crippen molar-refractivity contribution in [2.45, 2.75) is 25.7 Å². The van der Waals surface area contributed by atoms with Gasteiger partial charge in [-0.15, -0.1) is 0 Å². The van der Waals surface area contributed by atoms with Crippen molar-refractivity contribution in [3.05, 3.63) is 29.8 Å². The summed E-state index contributed by atoms with van der Waals surface area (Å²) in [4.78, 5) is 0. The highest BCUT2D eigenvalue weighted by molar-refractivity contribution is 5.39. The number of hydrogen-bond donors (Lipinski definition) is 1. The maximum atomic E-state index is 11.8. The monoisotopic (exact) mass is 185 g/mol. The highest BCUT2D eigenvalue weighted by atomic mass is 19.3. The Labute approximate surface area is 76.6 Å². The van der Waals surface area contributed by atoms with E-state index in [0.717, 1.165) is 5.56 Å². The lowest BCUT2D eigenvalue weighted by Crippen LogP contribution is -1.93. The Morgan fingerprint density at radius 1 is 1.15 bits per heavy atom. The van der Waals surface area contributed by atoms with Gasteiger partial charge in [-0.3, -0.25) is 0 Å². The van der Waals surface area contributed by atoms with Crippen LogP contribution in [0.5, 0.6) is 0 Å². The third-order valence-electron chi connectivity index (χ3n) is 1.87. The molecule has 1 rings (SSSR count). The van der Waals surface area contributed by atoms with Crippen molar-refractivity contribution in [2.75, 3.05) is 5.73 Å². The zero-order valence-electron chi connectivity index (χ0n) is 7.34. The van der Waals surface area contributed by atoms with Gasteiger partial charge in [-0.1, -0.05) is 12.1 Å². The molecule has 72 valence electrons. The van der Waals surface area contributed by atoms with Crippen LogP contribution in [0.3, 0.4) is 0 Å². The van der Waals surface area contributed by atoms with Gasteiger partial charge in [-0.25, -0.2) is 8.78 Å². The summed E-state index contributed by atoms with van der Waals surface area (Å²) in [5.74, 6) is 0. The highest BCUT2D eigenvalue weighted by Gasteiger charge is 2.01. The fourth-order valence-electron chi connectivity index (χ4n) is 1.14. The molecule has 0 amide bonds. The third kappa shape index (κ3) is 3.87. The minimum Gasteiger partial charge on any atom is -0.399 e. The third-order valence-corrected chi connectivity index (χ3v) is 1.87. The molecule has 0 spiro atoms. The zero-order chi connectivity index (χ0) is 9.68. The molecule has 0 atom stereocenters. The number of halogens is 2. The van der Waals surface area contributed by atoms with Crippen molar-refractivity contribution >= 4 is 5.69 Å². The van der Waals surface area contributed by atoms with Gasteiger partial charge in [0.1, 0.15) is 0 Å². The highest BCUT2D eigenvalue weighted by Crippen LogP contribution is 2.11. The molecule has 2 N–H and O–H groups in total. The predicted octanol–water partition coefficient (Wildman–Crippen LogP) is 2.86. The number of aryl methyl sites for hydroxylation is 1. The van der Waals surface area contributed by atoms with E-state index in [1.54, 1.807) is 12.1 Å². The van der Waals surface area contributed by atoms with Crippen LogP contribution < -0.4 is 5.73 Å². The van der Waals surface area contributed by atoms with Gasteiger partial charge in [0.2, 0.25) is 6.43 Å². The van der Waals surface area contributed by atoms with E-state index in [2.05, 4.69) is 0 Å². The van der Waals surface area contributed by atoms with Gasteiger partial charge in [0, 0.05) is 12.1 Å². The number of alkyl halides is 2. The van der Waals surface area contributed by atoms with Crippen LogP contribution in [0.1, 0.15) is 18.4 Å². The lowest BCUT2D eigenvalue weighted by molar-refractivity contribution is 0.135. The average molecular weight is 185 g/mol. The second-order valence-electron chi connectivity index (χ2n) is 3.02. The summed E-state index contributed by atoms with van der Waals surface area (Å²) >= 11 is 0. The van der Waals surface area contributed by atoms with E-state index in [-0.39, 0.29) is 6.42 Å². The largest absolute Gasteiger partial charge is 0.399 e. The molecular formula is C10H13F2N. The fraction of sp³-hybridized carbons (Fsp3) is 0.400. The molecule has 0 saturated carbocycles. The molecule has 0 heterocycles.